The molecule has 1 rings (SSSR count). The highest BCUT2D eigenvalue weighted by molar-refractivity contribution is 6.41. The Morgan fingerprint density at radius 2 is 1.90 bits per heavy atom. The molecule has 0 aliphatic rings. The zero-order chi connectivity index (χ0) is 7.56. The summed E-state index contributed by atoms with van der Waals surface area (Å²) in [7, 11) is 0. The lowest BCUT2D eigenvalue weighted by atomic mass is 10.2. The van der Waals surface area contributed by atoms with Crippen LogP contribution in [0.15, 0.2) is 18.2 Å². The molecule has 0 spiro atoms. The zero-order valence-corrected chi connectivity index (χ0v) is 6.58. The molecule has 0 aromatic heterocycles. The van der Waals surface area contributed by atoms with Gasteiger partial charge in [0.1, 0.15) is 6.67 Å². The first-order chi connectivity index (χ1) is 4.74. The van der Waals surface area contributed by atoms with Gasteiger partial charge < -0.3 is 0 Å². The molecule has 0 atom stereocenters. The highest BCUT2D eigenvalue weighted by atomic mass is 35.5. The van der Waals surface area contributed by atoms with Gasteiger partial charge in [0.15, 0.2) is 0 Å². The van der Waals surface area contributed by atoms with Crippen LogP contribution in [0.2, 0.25) is 10.0 Å². The van der Waals surface area contributed by atoms with E-state index in [2.05, 4.69) is 0 Å². The van der Waals surface area contributed by atoms with Crippen molar-refractivity contribution < 1.29 is 4.39 Å². The average Bonchev–Trinajstić information content (AvgIpc) is 1.95. The third-order valence-electron chi connectivity index (χ3n) is 1.14. The molecule has 0 aliphatic carbocycles. The van der Waals surface area contributed by atoms with Crippen LogP contribution >= 0.6 is 23.2 Å². The van der Waals surface area contributed by atoms with Crippen molar-refractivity contribution in [1.82, 2.24) is 0 Å². The summed E-state index contributed by atoms with van der Waals surface area (Å²) >= 11 is 11.2. The Hall–Kier alpha value is -0.270. The molecule has 0 aliphatic heterocycles. The second kappa shape index (κ2) is 3.22. The van der Waals surface area contributed by atoms with Crippen LogP contribution < -0.4 is 0 Å². The second-order valence-corrected chi connectivity index (χ2v) is 2.70. The smallest absolute Gasteiger partial charge is 0.115 e. The molecule has 3 heteroatoms. The van der Waals surface area contributed by atoms with Crippen molar-refractivity contribution in [3.63, 3.8) is 0 Å². The minimum atomic E-state index is -0.503. The van der Waals surface area contributed by atoms with E-state index < -0.39 is 6.67 Å². The first-order valence-electron chi connectivity index (χ1n) is 2.74. The Balaban J connectivity index is 3.04. The van der Waals surface area contributed by atoms with Gasteiger partial charge in [-0.05, 0) is 17.7 Å². The zero-order valence-electron chi connectivity index (χ0n) is 5.07. The maximum atomic E-state index is 11.9. The van der Waals surface area contributed by atoms with E-state index in [1.54, 1.807) is 12.1 Å². The van der Waals surface area contributed by atoms with Crippen molar-refractivity contribution in [2.75, 3.05) is 0 Å². The van der Waals surface area contributed by atoms with Gasteiger partial charge >= 0.3 is 0 Å². The lowest BCUT2D eigenvalue weighted by molar-refractivity contribution is 0.485. The van der Waals surface area contributed by atoms with E-state index >= 15 is 0 Å². The van der Waals surface area contributed by atoms with Crippen LogP contribution in [0.3, 0.4) is 0 Å². The minimum absolute atomic E-state index is 0.400. The maximum absolute atomic E-state index is 11.9. The van der Waals surface area contributed by atoms with E-state index in [1.165, 1.54) is 6.07 Å². The van der Waals surface area contributed by atoms with Crippen LogP contribution in [-0.2, 0) is 6.67 Å². The summed E-state index contributed by atoms with van der Waals surface area (Å²) in [5.74, 6) is 0. The third kappa shape index (κ3) is 1.61. The molecule has 0 radical (unpaired) electrons. The van der Waals surface area contributed by atoms with Gasteiger partial charge in [-0.15, -0.1) is 0 Å². The fraction of sp³-hybridized carbons (Fsp3) is 0.143. The summed E-state index contributed by atoms with van der Waals surface area (Å²) < 4.78 is 11.9. The van der Waals surface area contributed by atoms with Crippen LogP contribution in [0.5, 0.6) is 0 Å². The predicted octanol–water partition coefficient (Wildman–Crippen LogP) is 3.46. The number of alkyl halides is 1. The fourth-order valence-corrected chi connectivity index (χ4v) is 0.943. The Kier molecular flexibility index (Phi) is 2.52. The quantitative estimate of drug-likeness (QED) is 0.619. The summed E-state index contributed by atoms with van der Waals surface area (Å²) in [5, 5.41) is 0.857. The van der Waals surface area contributed by atoms with Crippen molar-refractivity contribution in [3.05, 3.63) is 33.8 Å². The predicted molar refractivity (Wildman–Crippen MR) is 41.3 cm³/mol. The van der Waals surface area contributed by atoms with Gasteiger partial charge in [-0.2, -0.15) is 0 Å². The second-order valence-electron chi connectivity index (χ2n) is 1.88. The Bertz CT molecular complexity index is 235. The van der Waals surface area contributed by atoms with Gasteiger partial charge in [-0.25, -0.2) is 4.39 Å². The molecular weight excluding hydrogens is 174 g/mol. The topological polar surface area (TPSA) is 0 Å². The molecule has 1 aromatic carbocycles. The van der Waals surface area contributed by atoms with Crippen LogP contribution in [0.25, 0.3) is 0 Å². The van der Waals surface area contributed by atoms with Crippen LogP contribution in [-0.4, -0.2) is 0 Å². The van der Waals surface area contributed by atoms with Gasteiger partial charge in [-0.1, -0.05) is 29.3 Å². The molecule has 0 nitrogen and oxygen atoms in total. The van der Waals surface area contributed by atoms with E-state index in [1.807, 2.05) is 0 Å². The van der Waals surface area contributed by atoms with Crippen LogP contribution in [0.4, 0.5) is 4.39 Å². The lowest BCUT2D eigenvalue weighted by Crippen LogP contribution is -1.77. The van der Waals surface area contributed by atoms with Gasteiger partial charge in [-0.3, -0.25) is 0 Å². The number of halogens is 3. The molecule has 0 heterocycles. The number of hydrogen-bond acceptors (Lipinski definition) is 0. The summed E-state index contributed by atoms with van der Waals surface area (Å²) in [6.45, 7) is -0.503. The first-order valence-corrected chi connectivity index (χ1v) is 3.49. The van der Waals surface area contributed by atoms with Crippen molar-refractivity contribution in [2.45, 2.75) is 6.67 Å². The highest BCUT2D eigenvalue weighted by Crippen LogP contribution is 2.22. The standard InChI is InChI=1S/C7H5Cl2F/c8-6-2-1-5(4-10)3-7(6)9/h1-3H,4H2. The third-order valence-corrected chi connectivity index (χ3v) is 1.88. The average molecular weight is 179 g/mol. The number of benzene rings is 1. The number of rotatable bonds is 1. The van der Waals surface area contributed by atoms with Crippen LogP contribution in [0.1, 0.15) is 5.56 Å². The summed E-state index contributed by atoms with van der Waals surface area (Å²) in [4.78, 5) is 0. The molecule has 0 bridgehead atoms. The van der Waals surface area contributed by atoms with Gasteiger partial charge in [0, 0.05) is 0 Å². The van der Waals surface area contributed by atoms with E-state index in [4.69, 9.17) is 23.2 Å². The number of hydrogen-bond donors (Lipinski definition) is 0. The van der Waals surface area contributed by atoms with Gasteiger partial charge in [0.05, 0.1) is 10.0 Å². The summed E-state index contributed by atoms with van der Waals surface area (Å²) in [6, 6.07) is 4.71. The van der Waals surface area contributed by atoms with E-state index in [9.17, 15) is 4.39 Å². The normalized spacial score (nSPS) is 9.90. The van der Waals surface area contributed by atoms with Crippen molar-refractivity contribution in [1.29, 1.82) is 0 Å². The molecule has 0 fully saturated rings. The van der Waals surface area contributed by atoms with E-state index in [-0.39, 0.29) is 0 Å². The first kappa shape index (κ1) is 7.83. The Morgan fingerprint density at radius 3 is 2.40 bits per heavy atom. The molecule has 10 heavy (non-hydrogen) atoms. The van der Waals surface area contributed by atoms with Gasteiger partial charge in [0.2, 0.25) is 0 Å². The molecule has 0 saturated heterocycles. The van der Waals surface area contributed by atoms with Crippen molar-refractivity contribution >= 4 is 23.2 Å². The fourth-order valence-electron chi connectivity index (χ4n) is 0.623. The maximum Gasteiger partial charge on any atom is 0.115 e. The van der Waals surface area contributed by atoms with Gasteiger partial charge in [0.25, 0.3) is 0 Å². The SMILES string of the molecule is FCc1ccc(Cl)c(Cl)c1. The Morgan fingerprint density at radius 1 is 1.20 bits per heavy atom. The largest absolute Gasteiger partial charge is 0.246 e. The lowest BCUT2D eigenvalue weighted by Gasteiger charge is -1.96. The van der Waals surface area contributed by atoms with Crippen LogP contribution in [0, 0.1) is 0 Å². The molecule has 0 amide bonds. The molecule has 54 valence electrons. The van der Waals surface area contributed by atoms with Crippen molar-refractivity contribution in [3.8, 4) is 0 Å². The summed E-state index contributed by atoms with van der Waals surface area (Å²) in [5.41, 5.74) is 0.550. The minimum Gasteiger partial charge on any atom is -0.246 e. The molecular formula is C7H5Cl2F. The van der Waals surface area contributed by atoms with E-state index in [0.29, 0.717) is 15.6 Å². The molecule has 0 N–H and O–H groups in total. The molecule has 0 unspecified atom stereocenters. The molecule has 1 aromatic rings. The van der Waals surface area contributed by atoms with Crippen molar-refractivity contribution in [2.24, 2.45) is 0 Å². The summed E-state index contributed by atoms with van der Waals surface area (Å²) in [6.07, 6.45) is 0. The molecule has 0 saturated carbocycles. The van der Waals surface area contributed by atoms with E-state index in [0.717, 1.165) is 0 Å². The monoisotopic (exact) mass is 178 g/mol. The Labute approximate surface area is 68.6 Å². The highest BCUT2D eigenvalue weighted by Gasteiger charge is 1.97.